The first-order chi connectivity index (χ1) is 10.2. The summed E-state index contributed by atoms with van der Waals surface area (Å²) in [6.45, 7) is 4.14. The van der Waals surface area contributed by atoms with Crippen molar-refractivity contribution < 1.29 is 0 Å². The zero-order valence-electron chi connectivity index (χ0n) is 12.1. The SMILES string of the molecule is Cc1cc(N2CCCCC2)nc(Nc2ccccc2Cl)n1. The Balaban J connectivity index is 1.85. The van der Waals surface area contributed by atoms with E-state index in [0.717, 1.165) is 30.3 Å². The van der Waals surface area contributed by atoms with E-state index in [1.54, 1.807) is 0 Å². The maximum Gasteiger partial charge on any atom is 0.229 e. The first-order valence-electron chi connectivity index (χ1n) is 7.34. The van der Waals surface area contributed by atoms with E-state index >= 15 is 0 Å². The van der Waals surface area contributed by atoms with Gasteiger partial charge in [-0.15, -0.1) is 0 Å². The number of aryl methyl sites for hydroxylation is 1. The Kier molecular flexibility index (Phi) is 4.25. The summed E-state index contributed by atoms with van der Waals surface area (Å²) in [5.41, 5.74) is 1.79. The first kappa shape index (κ1) is 14.1. The van der Waals surface area contributed by atoms with Gasteiger partial charge in [-0.25, -0.2) is 4.98 Å². The number of piperidine rings is 1. The second-order valence-electron chi connectivity index (χ2n) is 5.34. The largest absolute Gasteiger partial charge is 0.356 e. The fourth-order valence-corrected chi connectivity index (χ4v) is 2.76. The van der Waals surface area contributed by atoms with Gasteiger partial charge in [0.25, 0.3) is 0 Å². The van der Waals surface area contributed by atoms with Gasteiger partial charge in [0.05, 0.1) is 10.7 Å². The standard InChI is InChI=1S/C16H19ClN4/c1-12-11-15(21-9-5-2-6-10-21)20-16(18-12)19-14-8-4-3-7-13(14)17/h3-4,7-8,11H,2,5-6,9-10H2,1H3,(H,18,19,20). The summed E-state index contributed by atoms with van der Waals surface area (Å²) in [6, 6.07) is 9.67. The van der Waals surface area contributed by atoms with Crippen LogP contribution in [0.15, 0.2) is 30.3 Å². The summed E-state index contributed by atoms with van der Waals surface area (Å²) in [4.78, 5) is 11.4. The van der Waals surface area contributed by atoms with Gasteiger partial charge in [-0.1, -0.05) is 23.7 Å². The zero-order valence-corrected chi connectivity index (χ0v) is 12.9. The number of benzene rings is 1. The third kappa shape index (κ3) is 3.45. The molecule has 4 nitrogen and oxygen atoms in total. The van der Waals surface area contributed by atoms with Gasteiger partial charge in [0, 0.05) is 24.8 Å². The molecule has 0 bridgehead atoms. The van der Waals surface area contributed by atoms with Crippen molar-refractivity contribution in [1.29, 1.82) is 0 Å². The summed E-state index contributed by atoms with van der Waals surface area (Å²) in [5.74, 6) is 1.60. The van der Waals surface area contributed by atoms with Crippen LogP contribution in [-0.2, 0) is 0 Å². The highest BCUT2D eigenvalue weighted by molar-refractivity contribution is 6.33. The first-order valence-corrected chi connectivity index (χ1v) is 7.72. The molecule has 1 aromatic carbocycles. The van der Waals surface area contributed by atoms with E-state index in [9.17, 15) is 0 Å². The Hall–Kier alpha value is -1.81. The lowest BCUT2D eigenvalue weighted by molar-refractivity contribution is 0.573. The van der Waals surface area contributed by atoms with Gasteiger partial charge in [0.2, 0.25) is 5.95 Å². The molecule has 110 valence electrons. The maximum atomic E-state index is 6.17. The van der Waals surface area contributed by atoms with Crippen LogP contribution < -0.4 is 10.2 Å². The van der Waals surface area contributed by atoms with Crippen molar-refractivity contribution in [3.05, 3.63) is 41.0 Å². The molecular formula is C16H19ClN4. The van der Waals surface area contributed by atoms with Crippen LogP contribution in [0.25, 0.3) is 0 Å². The highest BCUT2D eigenvalue weighted by Gasteiger charge is 2.14. The van der Waals surface area contributed by atoms with Gasteiger partial charge in [0.15, 0.2) is 0 Å². The van der Waals surface area contributed by atoms with Crippen molar-refractivity contribution in [1.82, 2.24) is 9.97 Å². The molecule has 21 heavy (non-hydrogen) atoms. The van der Waals surface area contributed by atoms with Crippen LogP contribution in [0.2, 0.25) is 5.02 Å². The fraction of sp³-hybridized carbons (Fsp3) is 0.375. The van der Waals surface area contributed by atoms with Crippen LogP contribution >= 0.6 is 11.6 Å². The Morgan fingerprint density at radius 2 is 1.86 bits per heavy atom. The molecule has 1 aliphatic rings. The molecule has 0 amide bonds. The smallest absolute Gasteiger partial charge is 0.229 e. The molecule has 1 saturated heterocycles. The van der Waals surface area contributed by atoms with E-state index in [4.69, 9.17) is 11.6 Å². The van der Waals surface area contributed by atoms with Crippen molar-refractivity contribution in [3.8, 4) is 0 Å². The number of hydrogen-bond acceptors (Lipinski definition) is 4. The Labute approximate surface area is 130 Å². The molecule has 1 aliphatic heterocycles. The highest BCUT2D eigenvalue weighted by atomic mass is 35.5. The number of nitrogens with zero attached hydrogens (tertiary/aromatic N) is 3. The van der Waals surface area contributed by atoms with E-state index in [0.29, 0.717) is 11.0 Å². The molecule has 1 aromatic heterocycles. The topological polar surface area (TPSA) is 41.1 Å². The minimum Gasteiger partial charge on any atom is -0.356 e. The second-order valence-corrected chi connectivity index (χ2v) is 5.75. The average Bonchev–Trinajstić information content (AvgIpc) is 2.50. The molecule has 5 heteroatoms. The normalized spacial score (nSPS) is 15.0. The molecule has 0 spiro atoms. The molecule has 1 fully saturated rings. The lowest BCUT2D eigenvalue weighted by Gasteiger charge is -2.28. The van der Waals surface area contributed by atoms with E-state index in [1.165, 1.54) is 19.3 Å². The van der Waals surface area contributed by atoms with Crippen LogP contribution in [0.4, 0.5) is 17.5 Å². The van der Waals surface area contributed by atoms with Crippen molar-refractivity contribution in [3.63, 3.8) is 0 Å². The molecule has 3 rings (SSSR count). The third-order valence-electron chi connectivity index (χ3n) is 3.64. The summed E-state index contributed by atoms with van der Waals surface area (Å²) in [7, 11) is 0. The number of aromatic nitrogens is 2. The molecule has 2 aromatic rings. The number of rotatable bonds is 3. The Morgan fingerprint density at radius 3 is 2.62 bits per heavy atom. The molecule has 0 unspecified atom stereocenters. The lowest BCUT2D eigenvalue weighted by Crippen LogP contribution is -2.30. The van der Waals surface area contributed by atoms with Gasteiger partial charge in [0.1, 0.15) is 5.82 Å². The van der Waals surface area contributed by atoms with Crippen molar-refractivity contribution in [2.24, 2.45) is 0 Å². The number of nitrogens with one attached hydrogen (secondary N) is 1. The summed E-state index contributed by atoms with van der Waals surface area (Å²) in [5, 5.41) is 3.88. The third-order valence-corrected chi connectivity index (χ3v) is 3.97. The van der Waals surface area contributed by atoms with Crippen LogP contribution in [0.5, 0.6) is 0 Å². The van der Waals surface area contributed by atoms with Crippen LogP contribution in [0.1, 0.15) is 25.0 Å². The zero-order chi connectivity index (χ0) is 14.7. The maximum absolute atomic E-state index is 6.17. The Morgan fingerprint density at radius 1 is 1.10 bits per heavy atom. The lowest BCUT2D eigenvalue weighted by atomic mass is 10.1. The van der Waals surface area contributed by atoms with Crippen molar-refractivity contribution in [2.75, 3.05) is 23.3 Å². The van der Waals surface area contributed by atoms with Crippen molar-refractivity contribution in [2.45, 2.75) is 26.2 Å². The molecule has 0 aliphatic carbocycles. The number of anilines is 3. The molecule has 2 heterocycles. The van der Waals surface area contributed by atoms with E-state index < -0.39 is 0 Å². The van der Waals surface area contributed by atoms with Crippen LogP contribution in [-0.4, -0.2) is 23.1 Å². The quantitative estimate of drug-likeness (QED) is 0.924. The molecule has 1 N–H and O–H groups in total. The van der Waals surface area contributed by atoms with Gasteiger partial charge in [-0.3, -0.25) is 0 Å². The predicted molar refractivity (Wildman–Crippen MR) is 87.6 cm³/mol. The van der Waals surface area contributed by atoms with Gasteiger partial charge >= 0.3 is 0 Å². The van der Waals surface area contributed by atoms with Gasteiger partial charge in [-0.05, 0) is 38.3 Å². The molecule has 0 saturated carbocycles. The minimum absolute atomic E-state index is 0.601. The van der Waals surface area contributed by atoms with E-state index in [1.807, 2.05) is 37.3 Å². The number of para-hydroxylation sites is 1. The fourth-order valence-electron chi connectivity index (χ4n) is 2.58. The summed E-state index contributed by atoms with van der Waals surface area (Å²) < 4.78 is 0. The minimum atomic E-state index is 0.601. The number of hydrogen-bond donors (Lipinski definition) is 1. The van der Waals surface area contributed by atoms with Gasteiger partial charge in [-0.2, -0.15) is 4.98 Å². The summed E-state index contributed by atoms with van der Waals surface area (Å²) >= 11 is 6.17. The van der Waals surface area contributed by atoms with Crippen LogP contribution in [0, 0.1) is 6.92 Å². The average molecular weight is 303 g/mol. The summed E-state index contributed by atoms with van der Waals surface area (Å²) in [6.07, 6.45) is 3.78. The highest BCUT2D eigenvalue weighted by Crippen LogP contribution is 2.25. The second kappa shape index (κ2) is 6.31. The predicted octanol–water partition coefficient (Wildman–Crippen LogP) is 4.17. The van der Waals surface area contributed by atoms with E-state index in [2.05, 4.69) is 20.2 Å². The van der Waals surface area contributed by atoms with E-state index in [-0.39, 0.29) is 0 Å². The Bertz CT molecular complexity index is 623. The molecule has 0 radical (unpaired) electrons. The monoisotopic (exact) mass is 302 g/mol. The molecule has 0 atom stereocenters. The molecular weight excluding hydrogens is 284 g/mol. The van der Waals surface area contributed by atoms with Crippen molar-refractivity contribution >= 4 is 29.1 Å². The van der Waals surface area contributed by atoms with Gasteiger partial charge < -0.3 is 10.2 Å². The van der Waals surface area contributed by atoms with Crippen LogP contribution in [0.3, 0.4) is 0 Å². The number of halogens is 1.